The van der Waals surface area contributed by atoms with Gasteiger partial charge in [0.05, 0.1) is 11.8 Å². The van der Waals surface area contributed by atoms with Gasteiger partial charge in [-0.15, -0.1) is 0 Å². The number of hydrogen-bond acceptors (Lipinski definition) is 3. The van der Waals surface area contributed by atoms with E-state index in [1.165, 1.54) is 6.20 Å². The van der Waals surface area contributed by atoms with Crippen molar-refractivity contribution in [1.82, 2.24) is 15.5 Å². The molecule has 1 aliphatic carbocycles. The first kappa shape index (κ1) is 12.1. The van der Waals surface area contributed by atoms with E-state index >= 15 is 0 Å². The minimum atomic E-state index is -0.100. The molecule has 4 N–H and O–H groups in total. The molecule has 94 valence electrons. The third-order valence-corrected chi connectivity index (χ3v) is 4.13. The fourth-order valence-electron chi connectivity index (χ4n) is 3.14. The van der Waals surface area contributed by atoms with Crippen molar-refractivity contribution in [3.8, 4) is 0 Å². The molecule has 0 unspecified atom stereocenters. The van der Waals surface area contributed by atoms with Crippen molar-refractivity contribution in [1.29, 1.82) is 0 Å². The van der Waals surface area contributed by atoms with Crippen LogP contribution in [0.15, 0.2) is 12.4 Å². The van der Waals surface area contributed by atoms with Crippen LogP contribution in [0.3, 0.4) is 0 Å². The Labute approximate surface area is 101 Å². The Morgan fingerprint density at radius 2 is 2.00 bits per heavy atom. The SMILES string of the molecule is CC1(C)C(N)C(C)(C)C1NC(=O)c1cn[nH]c1. The van der Waals surface area contributed by atoms with Crippen molar-refractivity contribution in [2.45, 2.75) is 39.8 Å². The van der Waals surface area contributed by atoms with Crippen LogP contribution in [0.2, 0.25) is 0 Å². The summed E-state index contributed by atoms with van der Waals surface area (Å²) >= 11 is 0. The number of aromatic amines is 1. The average molecular weight is 236 g/mol. The minimum absolute atomic E-state index is 0.0763. The summed E-state index contributed by atoms with van der Waals surface area (Å²) in [6, 6.07) is 0.164. The second-order valence-corrected chi connectivity index (χ2v) is 6.01. The van der Waals surface area contributed by atoms with Crippen molar-refractivity contribution >= 4 is 5.91 Å². The van der Waals surface area contributed by atoms with Crippen molar-refractivity contribution in [3.63, 3.8) is 0 Å². The number of nitrogens with zero attached hydrogens (tertiary/aromatic N) is 1. The van der Waals surface area contributed by atoms with Crippen LogP contribution in [0.5, 0.6) is 0 Å². The normalized spacial score (nSPS) is 29.5. The Morgan fingerprint density at radius 1 is 1.41 bits per heavy atom. The number of carbonyl (C=O) groups excluding carboxylic acids is 1. The highest BCUT2D eigenvalue weighted by molar-refractivity contribution is 5.94. The maximum atomic E-state index is 12.0. The summed E-state index contributed by atoms with van der Waals surface area (Å²) in [5.74, 6) is -0.100. The number of aromatic nitrogens is 2. The van der Waals surface area contributed by atoms with Gasteiger partial charge in [0.2, 0.25) is 0 Å². The molecule has 0 radical (unpaired) electrons. The zero-order valence-electron chi connectivity index (χ0n) is 10.7. The minimum Gasteiger partial charge on any atom is -0.348 e. The Kier molecular flexibility index (Phi) is 2.54. The molecular weight excluding hydrogens is 216 g/mol. The van der Waals surface area contributed by atoms with Crippen LogP contribution in [0, 0.1) is 10.8 Å². The second kappa shape index (κ2) is 3.57. The zero-order chi connectivity index (χ0) is 12.8. The van der Waals surface area contributed by atoms with E-state index in [-0.39, 0.29) is 28.8 Å². The first-order valence-corrected chi connectivity index (χ1v) is 5.83. The lowest BCUT2D eigenvalue weighted by molar-refractivity contribution is -0.0663. The van der Waals surface area contributed by atoms with Crippen LogP contribution in [0.4, 0.5) is 0 Å². The van der Waals surface area contributed by atoms with Gasteiger partial charge in [-0.25, -0.2) is 0 Å². The first-order chi connectivity index (χ1) is 7.78. The van der Waals surface area contributed by atoms with Crippen LogP contribution >= 0.6 is 0 Å². The molecule has 5 nitrogen and oxygen atoms in total. The van der Waals surface area contributed by atoms with Gasteiger partial charge < -0.3 is 11.1 Å². The molecule has 0 atom stereocenters. The molecule has 1 amide bonds. The Bertz CT molecular complexity index is 406. The molecule has 0 aromatic carbocycles. The molecule has 1 aliphatic rings. The Morgan fingerprint density at radius 3 is 2.47 bits per heavy atom. The topological polar surface area (TPSA) is 83.8 Å². The number of nitrogens with two attached hydrogens (primary N) is 1. The second-order valence-electron chi connectivity index (χ2n) is 6.01. The monoisotopic (exact) mass is 236 g/mol. The molecule has 17 heavy (non-hydrogen) atoms. The molecule has 0 bridgehead atoms. The van der Waals surface area contributed by atoms with E-state index < -0.39 is 0 Å². The molecule has 1 heterocycles. The lowest BCUT2D eigenvalue weighted by atomic mass is 9.48. The molecule has 0 spiro atoms. The number of amides is 1. The van der Waals surface area contributed by atoms with E-state index in [0.717, 1.165) is 0 Å². The quantitative estimate of drug-likeness (QED) is 0.713. The summed E-state index contributed by atoms with van der Waals surface area (Å²) in [5, 5.41) is 9.46. The van der Waals surface area contributed by atoms with Crippen LogP contribution in [-0.4, -0.2) is 28.2 Å². The number of carbonyl (C=O) groups is 1. The highest BCUT2D eigenvalue weighted by Gasteiger charge is 2.60. The summed E-state index contributed by atoms with van der Waals surface area (Å²) < 4.78 is 0. The molecule has 1 aromatic rings. The highest BCUT2D eigenvalue weighted by atomic mass is 16.1. The van der Waals surface area contributed by atoms with Gasteiger partial charge in [0.15, 0.2) is 0 Å². The van der Waals surface area contributed by atoms with E-state index in [9.17, 15) is 4.79 Å². The third-order valence-electron chi connectivity index (χ3n) is 4.13. The summed E-state index contributed by atoms with van der Waals surface area (Å²) in [5.41, 5.74) is 6.54. The van der Waals surface area contributed by atoms with Crippen molar-refractivity contribution in [2.24, 2.45) is 16.6 Å². The van der Waals surface area contributed by atoms with Crippen molar-refractivity contribution < 1.29 is 4.79 Å². The number of H-pyrrole nitrogens is 1. The molecule has 2 rings (SSSR count). The van der Waals surface area contributed by atoms with Crippen LogP contribution < -0.4 is 11.1 Å². The van der Waals surface area contributed by atoms with Gasteiger partial charge in [-0.2, -0.15) is 5.10 Å². The Balaban J connectivity index is 2.12. The third kappa shape index (κ3) is 1.65. The van der Waals surface area contributed by atoms with E-state index in [2.05, 4.69) is 43.2 Å². The predicted octanol–water partition coefficient (Wildman–Crippen LogP) is 0.901. The Hall–Kier alpha value is -1.36. The molecule has 0 saturated heterocycles. The predicted molar refractivity (Wildman–Crippen MR) is 65.4 cm³/mol. The first-order valence-electron chi connectivity index (χ1n) is 5.83. The number of hydrogen-bond donors (Lipinski definition) is 3. The van der Waals surface area contributed by atoms with Crippen LogP contribution in [0.25, 0.3) is 0 Å². The van der Waals surface area contributed by atoms with Gasteiger partial charge in [-0.05, 0) is 0 Å². The van der Waals surface area contributed by atoms with Gasteiger partial charge in [-0.1, -0.05) is 27.7 Å². The lowest BCUT2D eigenvalue weighted by Gasteiger charge is -2.62. The van der Waals surface area contributed by atoms with Gasteiger partial charge in [-0.3, -0.25) is 9.89 Å². The highest BCUT2D eigenvalue weighted by Crippen LogP contribution is 2.52. The number of nitrogens with one attached hydrogen (secondary N) is 2. The lowest BCUT2D eigenvalue weighted by Crippen LogP contribution is -2.76. The van der Waals surface area contributed by atoms with Crippen LogP contribution in [0.1, 0.15) is 38.1 Å². The largest absolute Gasteiger partial charge is 0.348 e. The molecule has 0 aliphatic heterocycles. The van der Waals surface area contributed by atoms with E-state index in [1.807, 2.05) is 0 Å². The summed E-state index contributed by atoms with van der Waals surface area (Å²) in [4.78, 5) is 12.0. The number of rotatable bonds is 2. The van der Waals surface area contributed by atoms with Crippen molar-refractivity contribution in [2.75, 3.05) is 0 Å². The summed E-state index contributed by atoms with van der Waals surface area (Å²) in [7, 11) is 0. The van der Waals surface area contributed by atoms with Crippen molar-refractivity contribution in [3.05, 3.63) is 18.0 Å². The fraction of sp³-hybridized carbons (Fsp3) is 0.667. The fourth-order valence-corrected chi connectivity index (χ4v) is 3.14. The average Bonchev–Trinajstić information content (AvgIpc) is 2.77. The van der Waals surface area contributed by atoms with E-state index in [0.29, 0.717) is 5.56 Å². The van der Waals surface area contributed by atoms with Gasteiger partial charge in [0.25, 0.3) is 5.91 Å². The van der Waals surface area contributed by atoms with Gasteiger partial charge in [0, 0.05) is 29.1 Å². The van der Waals surface area contributed by atoms with E-state index in [4.69, 9.17) is 5.73 Å². The molecule has 1 saturated carbocycles. The smallest absolute Gasteiger partial charge is 0.254 e. The molecule has 5 heteroatoms. The molecule has 1 fully saturated rings. The maximum absolute atomic E-state index is 12.0. The molecule has 1 aromatic heterocycles. The standard InChI is InChI=1S/C12H20N4O/c1-11(2)9(13)12(3,4)10(11)16-8(17)7-5-14-15-6-7/h5-6,9-10H,13H2,1-4H3,(H,14,15)(H,16,17). The van der Waals surface area contributed by atoms with Gasteiger partial charge >= 0.3 is 0 Å². The molecular formula is C12H20N4O. The van der Waals surface area contributed by atoms with E-state index in [1.54, 1.807) is 6.20 Å². The van der Waals surface area contributed by atoms with Crippen LogP contribution in [-0.2, 0) is 0 Å². The zero-order valence-corrected chi connectivity index (χ0v) is 10.7. The maximum Gasteiger partial charge on any atom is 0.254 e. The van der Waals surface area contributed by atoms with Gasteiger partial charge in [0.1, 0.15) is 0 Å². The summed E-state index contributed by atoms with van der Waals surface area (Å²) in [6.45, 7) is 8.35. The summed E-state index contributed by atoms with van der Waals surface area (Å²) in [6.07, 6.45) is 3.11.